The van der Waals surface area contributed by atoms with Gasteiger partial charge in [-0.25, -0.2) is 23.1 Å². The fourth-order valence-corrected chi connectivity index (χ4v) is 4.42. The van der Waals surface area contributed by atoms with Crippen molar-refractivity contribution in [1.82, 2.24) is 9.97 Å². The van der Waals surface area contributed by atoms with Crippen molar-refractivity contribution in [3.05, 3.63) is 41.7 Å². The number of nitrogens with zero attached hydrogens (tertiary/aromatic N) is 2. The summed E-state index contributed by atoms with van der Waals surface area (Å²) >= 11 is 0. The van der Waals surface area contributed by atoms with Crippen LogP contribution in [0.25, 0.3) is 0 Å². The van der Waals surface area contributed by atoms with Crippen LogP contribution in [0.3, 0.4) is 0 Å². The van der Waals surface area contributed by atoms with Gasteiger partial charge in [-0.1, -0.05) is 33.9 Å². The van der Waals surface area contributed by atoms with Gasteiger partial charge in [-0.3, -0.25) is 0 Å². The summed E-state index contributed by atoms with van der Waals surface area (Å²) < 4.78 is 27.6. The smallest absolute Gasteiger partial charge is 0.264 e. The van der Waals surface area contributed by atoms with Crippen molar-refractivity contribution in [2.24, 2.45) is 0 Å². The van der Waals surface area contributed by atoms with Crippen LogP contribution >= 0.6 is 0 Å². The molecule has 0 bridgehead atoms. The van der Waals surface area contributed by atoms with Crippen molar-refractivity contribution in [2.45, 2.75) is 57.6 Å². The van der Waals surface area contributed by atoms with E-state index in [-0.39, 0.29) is 15.9 Å². The highest BCUT2D eigenvalue weighted by atomic mass is 32.2. The lowest BCUT2D eigenvalue weighted by Crippen LogP contribution is -2.45. The molecule has 142 valence electrons. The molecule has 0 aliphatic carbocycles. The molecule has 1 aromatic heterocycles. The van der Waals surface area contributed by atoms with Crippen molar-refractivity contribution in [1.29, 1.82) is 0 Å². The molecule has 0 amide bonds. The number of anilines is 2. The third-order valence-electron chi connectivity index (χ3n) is 4.70. The number of nitrogens with one attached hydrogen (secondary N) is 2. The Kier molecular flexibility index (Phi) is 5.48. The van der Waals surface area contributed by atoms with Crippen molar-refractivity contribution >= 4 is 29.9 Å². The van der Waals surface area contributed by atoms with Crippen LogP contribution in [-0.2, 0) is 10.0 Å². The van der Waals surface area contributed by atoms with Gasteiger partial charge in [-0.05, 0) is 49.2 Å². The maximum atomic E-state index is 12.6. The summed E-state index contributed by atoms with van der Waals surface area (Å²) in [5.74, 6) is 0.0889. The van der Waals surface area contributed by atoms with Gasteiger partial charge in [0.2, 0.25) is 5.95 Å². The lowest BCUT2D eigenvalue weighted by Gasteiger charge is -2.38. The first-order valence-corrected chi connectivity index (χ1v) is 13.0. The number of rotatable bonds is 5. The Labute approximate surface area is 157 Å². The first-order valence-electron chi connectivity index (χ1n) is 8.53. The van der Waals surface area contributed by atoms with Crippen molar-refractivity contribution < 1.29 is 8.42 Å². The van der Waals surface area contributed by atoms with E-state index >= 15 is 0 Å². The quantitative estimate of drug-likeness (QED) is 0.741. The topological polar surface area (TPSA) is 84.0 Å². The molecule has 0 unspecified atom stereocenters. The summed E-state index contributed by atoms with van der Waals surface area (Å²) in [7, 11) is -5.44. The maximum Gasteiger partial charge on any atom is 0.264 e. The van der Waals surface area contributed by atoms with Crippen LogP contribution in [-0.4, -0.2) is 26.6 Å². The van der Waals surface area contributed by atoms with E-state index in [4.69, 9.17) is 0 Å². The molecule has 8 heteroatoms. The van der Waals surface area contributed by atoms with Crippen LogP contribution in [0, 0.1) is 13.8 Å². The summed E-state index contributed by atoms with van der Waals surface area (Å²) in [6.45, 7) is 14.8. The molecule has 0 radical (unpaired) electrons. The predicted molar refractivity (Wildman–Crippen MR) is 110 cm³/mol. The third-order valence-corrected chi connectivity index (χ3v) is 10.7. The standard InChI is InChI=1S/C18H28N4O2SSi/c1-13-12-14(2)20-17(19-13)21-25(23,24)16-10-8-15(9-11-16)22-26(6,7)18(3,4)5/h8-12,22H,1-7H3,(H,19,20,21). The second kappa shape index (κ2) is 7.00. The SMILES string of the molecule is Cc1cc(C)nc(NS(=O)(=O)c2ccc(N[Si](C)(C)C(C)(C)C)cc2)n1. The minimum absolute atomic E-state index is 0.0889. The van der Waals surface area contributed by atoms with E-state index in [0.717, 1.165) is 5.69 Å². The Bertz CT molecular complexity index is 868. The van der Waals surface area contributed by atoms with Crippen LogP contribution in [0.15, 0.2) is 35.2 Å². The monoisotopic (exact) mass is 392 g/mol. The van der Waals surface area contributed by atoms with Gasteiger partial charge in [0.1, 0.15) is 0 Å². The average Bonchev–Trinajstić information content (AvgIpc) is 2.44. The van der Waals surface area contributed by atoms with E-state index in [9.17, 15) is 8.42 Å². The van der Waals surface area contributed by atoms with Crippen molar-refractivity contribution in [3.63, 3.8) is 0 Å². The van der Waals surface area contributed by atoms with Gasteiger partial charge in [0, 0.05) is 17.1 Å². The van der Waals surface area contributed by atoms with E-state index < -0.39 is 18.3 Å². The zero-order valence-corrected chi connectivity index (χ0v) is 18.3. The van der Waals surface area contributed by atoms with Crippen molar-refractivity contribution in [2.75, 3.05) is 9.70 Å². The first kappa shape index (κ1) is 20.4. The number of benzene rings is 1. The van der Waals surface area contributed by atoms with Gasteiger partial charge in [-0.15, -0.1) is 0 Å². The molecule has 26 heavy (non-hydrogen) atoms. The van der Waals surface area contributed by atoms with Crippen LogP contribution in [0.1, 0.15) is 32.2 Å². The highest BCUT2D eigenvalue weighted by Crippen LogP contribution is 2.36. The number of aryl methyl sites for hydroxylation is 2. The number of sulfonamides is 1. The van der Waals surface area contributed by atoms with E-state index in [2.05, 4.69) is 53.5 Å². The van der Waals surface area contributed by atoms with Gasteiger partial charge >= 0.3 is 0 Å². The molecule has 2 N–H and O–H groups in total. The molecule has 0 atom stereocenters. The molecule has 1 heterocycles. The second-order valence-electron chi connectivity index (χ2n) is 8.10. The fraction of sp³-hybridized carbons (Fsp3) is 0.444. The molecule has 0 saturated heterocycles. The minimum atomic E-state index is -3.73. The van der Waals surface area contributed by atoms with Gasteiger partial charge < -0.3 is 4.98 Å². The largest absolute Gasteiger partial charge is 0.410 e. The summed E-state index contributed by atoms with van der Waals surface area (Å²) in [5, 5.41) is 0.180. The molecule has 0 aliphatic rings. The number of hydrogen-bond donors (Lipinski definition) is 2. The lowest BCUT2D eigenvalue weighted by molar-refractivity contribution is 0.601. The molecule has 2 aromatic rings. The predicted octanol–water partition coefficient (Wildman–Crippen LogP) is 4.31. The summed E-state index contributed by atoms with van der Waals surface area (Å²) in [6, 6.07) is 8.59. The fourth-order valence-electron chi connectivity index (χ4n) is 2.22. The number of aromatic nitrogens is 2. The minimum Gasteiger partial charge on any atom is -0.410 e. The van der Waals surface area contributed by atoms with E-state index in [0.29, 0.717) is 11.4 Å². The zero-order valence-electron chi connectivity index (χ0n) is 16.5. The third kappa shape index (κ3) is 4.82. The molecule has 0 spiro atoms. The molecular formula is C18H28N4O2SSi. The highest BCUT2D eigenvalue weighted by molar-refractivity contribution is 7.92. The molecule has 0 saturated carbocycles. The summed E-state index contributed by atoms with van der Waals surface area (Å²) in [4.78, 5) is 12.0. The van der Waals surface area contributed by atoms with Crippen LogP contribution < -0.4 is 9.70 Å². The zero-order chi connectivity index (χ0) is 19.8. The van der Waals surface area contributed by atoms with Gasteiger partial charge in [-0.2, -0.15) is 0 Å². The molecule has 6 nitrogen and oxygen atoms in total. The highest BCUT2D eigenvalue weighted by Gasteiger charge is 2.35. The van der Waals surface area contributed by atoms with Gasteiger partial charge in [0.15, 0.2) is 8.24 Å². The Morgan fingerprint density at radius 3 is 1.92 bits per heavy atom. The van der Waals surface area contributed by atoms with Crippen molar-refractivity contribution in [3.8, 4) is 0 Å². The van der Waals surface area contributed by atoms with Crippen LogP contribution in [0.5, 0.6) is 0 Å². The summed E-state index contributed by atoms with van der Waals surface area (Å²) in [6.07, 6.45) is 0. The second-order valence-corrected chi connectivity index (χ2v) is 14.8. The molecule has 0 fully saturated rings. The normalized spacial score (nSPS) is 12.7. The molecule has 2 rings (SSSR count). The number of hydrogen-bond acceptors (Lipinski definition) is 5. The maximum absolute atomic E-state index is 12.6. The van der Waals surface area contributed by atoms with Gasteiger partial charge in [0.05, 0.1) is 4.90 Å². The van der Waals surface area contributed by atoms with Gasteiger partial charge in [0.25, 0.3) is 10.0 Å². The molecule has 0 aliphatic heterocycles. The summed E-state index contributed by atoms with van der Waals surface area (Å²) in [5.41, 5.74) is 2.35. The van der Waals surface area contributed by atoms with Crippen LogP contribution in [0.4, 0.5) is 11.6 Å². The molecular weight excluding hydrogens is 364 g/mol. The molecule has 1 aromatic carbocycles. The Hall–Kier alpha value is -1.93. The Morgan fingerprint density at radius 1 is 0.962 bits per heavy atom. The van der Waals surface area contributed by atoms with E-state index in [1.807, 2.05) is 0 Å². The van der Waals surface area contributed by atoms with Crippen LogP contribution in [0.2, 0.25) is 18.1 Å². The van der Waals surface area contributed by atoms with E-state index in [1.165, 1.54) is 0 Å². The lowest BCUT2D eigenvalue weighted by atomic mass is 10.2. The first-order chi connectivity index (χ1) is 11.8. The average molecular weight is 393 g/mol. The Balaban J connectivity index is 2.21. The van der Waals surface area contributed by atoms with E-state index in [1.54, 1.807) is 44.2 Å². The Morgan fingerprint density at radius 2 is 1.46 bits per heavy atom.